The highest BCUT2D eigenvalue weighted by Gasteiger charge is 2.03. The molecule has 0 heterocycles. The number of benzene rings is 1. The smallest absolute Gasteiger partial charge is 0.139 e. The lowest BCUT2D eigenvalue weighted by Crippen LogP contribution is -1.95. The van der Waals surface area contributed by atoms with Gasteiger partial charge in [-0.3, -0.25) is 0 Å². The quantitative estimate of drug-likeness (QED) is 0.790. The van der Waals surface area contributed by atoms with E-state index in [1.165, 1.54) is 0 Å². The van der Waals surface area contributed by atoms with E-state index in [9.17, 15) is 0 Å². The molecule has 1 aromatic carbocycles. The van der Waals surface area contributed by atoms with Crippen LogP contribution in [-0.2, 0) is 0 Å². The Morgan fingerprint density at radius 2 is 2.25 bits per heavy atom. The van der Waals surface area contributed by atoms with Crippen LogP contribution in [0.5, 0.6) is 5.75 Å². The minimum absolute atomic E-state index is 0.644. The van der Waals surface area contributed by atoms with Crippen LogP contribution in [-0.4, -0.2) is 6.61 Å². The second kappa shape index (κ2) is 4.73. The molecular formula is C9H10BrClO. The Bertz CT molecular complexity index is 263. The summed E-state index contributed by atoms with van der Waals surface area (Å²) in [4.78, 5) is 0. The summed E-state index contributed by atoms with van der Waals surface area (Å²) in [5.74, 6) is 0.743. The van der Waals surface area contributed by atoms with E-state index >= 15 is 0 Å². The maximum atomic E-state index is 5.96. The van der Waals surface area contributed by atoms with Crippen molar-refractivity contribution < 1.29 is 4.74 Å². The van der Waals surface area contributed by atoms with Crippen LogP contribution in [0.4, 0.5) is 0 Å². The zero-order valence-corrected chi connectivity index (χ0v) is 9.15. The van der Waals surface area contributed by atoms with Crippen LogP contribution in [0, 0.1) is 0 Å². The van der Waals surface area contributed by atoms with Gasteiger partial charge >= 0.3 is 0 Å². The molecule has 1 nitrogen and oxygen atoms in total. The molecule has 0 amide bonds. The first kappa shape index (κ1) is 9.87. The first-order chi connectivity index (χ1) is 5.75. The maximum absolute atomic E-state index is 5.96. The highest BCUT2D eigenvalue weighted by molar-refractivity contribution is 9.10. The molecule has 3 heteroatoms. The van der Waals surface area contributed by atoms with Gasteiger partial charge in [-0.2, -0.15) is 0 Å². The van der Waals surface area contributed by atoms with Crippen molar-refractivity contribution in [1.29, 1.82) is 0 Å². The van der Waals surface area contributed by atoms with Crippen molar-refractivity contribution in [2.75, 3.05) is 6.61 Å². The Balaban J connectivity index is 2.78. The van der Waals surface area contributed by atoms with Crippen molar-refractivity contribution in [3.8, 4) is 5.75 Å². The molecule has 0 aliphatic heterocycles. The topological polar surface area (TPSA) is 9.23 Å². The number of halogens is 2. The Kier molecular flexibility index (Phi) is 3.89. The Morgan fingerprint density at radius 3 is 2.92 bits per heavy atom. The lowest BCUT2D eigenvalue weighted by molar-refractivity contribution is 0.317. The highest BCUT2D eigenvalue weighted by Crippen LogP contribution is 2.31. The van der Waals surface area contributed by atoms with Gasteiger partial charge in [-0.05, 0) is 34.5 Å². The Labute approximate surface area is 85.8 Å². The molecule has 0 N–H and O–H groups in total. The predicted molar refractivity (Wildman–Crippen MR) is 54.9 cm³/mol. The van der Waals surface area contributed by atoms with Gasteiger partial charge in [-0.1, -0.05) is 24.6 Å². The lowest BCUT2D eigenvalue weighted by Gasteiger charge is -2.06. The number of ether oxygens (including phenoxy) is 1. The summed E-state index contributed by atoms with van der Waals surface area (Å²) in [5, 5.41) is 0.644. The van der Waals surface area contributed by atoms with E-state index < -0.39 is 0 Å². The van der Waals surface area contributed by atoms with E-state index in [1.54, 1.807) is 0 Å². The zero-order valence-electron chi connectivity index (χ0n) is 6.81. The van der Waals surface area contributed by atoms with E-state index in [1.807, 2.05) is 18.2 Å². The fraction of sp³-hybridized carbons (Fsp3) is 0.333. The largest absolute Gasteiger partial charge is 0.492 e. The van der Waals surface area contributed by atoms with E-state index in [4.69, 9.17) is 16.3 Å². The third kappa shape index (κ3) is 2.39. The summed E-state index contributed by atoms with van der Waals surface area (Å²) in [5.41, 5.74) is 0. The molecule has 0 unspecified atom stereocenters. The molecule has 1 rings (SSSR count). The summed E-state index contributed by atoms with van der Waals surface area (Å²) in [7, 11) is 0. The zero-order chi connectivity index (χ0) is 8.97. The molecule has 0 spiro atoms. The minimum Gasteiger partial charge on any atom is -0.492 e. The van der Waals surface area contributed by atoms with Crippen molar-refractivity contribution in [1.82, 2.24) is 0 Å². The molecule has 66 valence electrons. The Hall–Kier alpha value is -0.210. The second-order valence-corrected chi connectivity index (χ2v) is 3.63. The first-order valence-corrected chi connectivity index (χ1v) is 4.99. The molecule has 1 aromatic rings. The molecule has 0 saturated heterocycles. The van der Waals surface area contributed by atoms with Crippen molar-refractivity contribution in [3.05, 3.63) is 27.7 Å². The van der Waals surface area contributed by atoms with Crippen LogP contribution < -0.4 is 4.74 Å². The van der Waals surface area contributed by atoms with Crippen molar-refractivity contribution >= 4 is 27.5 Å². The normalized spacial score (nSPS) is 9.92. The van der Waals surface area contributed by atoms with Gasteiger partial charge < -0.3 is 4.74 Å². The van der Waals surface area contributed by atoms with Crippen LogP contribution in [0.15, 0.2) is 22.7 Å². The van der Waals surface area contributed by atoms with E-state index in [0.29, 0.717) is 11.6 Å². The van der Waals surface area contributed by atoms with Crippen LogP contribution in [0.1, 0.15) is 13.3 Å². The third-order valence-corrected chi connectivity index (χ3v) is 2.66. The lowest BCUT2D eigenvalue weighted by atomic mass is 10.3. The van der Waals surface area contributed by atoms with Gasteiger partial charge in [0.25, 0.3) is 0 Å². The average molecular weight is 250 g/mol. The highest BCUT2D eigenvalue weighted by atomic mass is 79.9. The third-order valence-electron chi connectivity index (χ3n) is 1.38. The molecule has 12 heavy (non-hydrogen) atoms. The average Bonchev–Trinajstić information content (AvgIpc) is 2.08. The molecule has 0 aliphatic carbocycles. The van der Waals surface area contributed by atoms with Crippen molar-refractivity contribution in [2.24, 2.45) is 0 Å². The summed E-state index contributed by atoms with van der Waals surface area (Å²) >= 11 is 9.28. The fourth-order valence-corrected chi connectivity index (χ4v) is 1.34. The number of hydrogen-bond donors (Lipinski definition) is 0. The fourth-order valence-electron chi connectivity index (χ4n) is 0.808. The predicted octanol–water partition coefficient (Wildman–Crippen LogP) is 3.89. The molecule has 0 radical (unpaired) electrons. The van der Waals surface area contributed by atoms with Crippen LogP contribution in [0.25, 0.3) is 0 Å². The van der Waals surface area contributed by atoms with Crippen LogP contribution >= 0.6 is 27.5 Å². The minimum atomic E-state index is 0.644. The van der Waals surface area contributed by atoms with Gasteiger partial charge in [0.1, 0.15) is 5.75 Å². The van der Waals surface area contributed by atoms with Gasteiger partial charge in [0, 0.05) is 4.47 Å². The molecule has 0 atom stereocenters. The van der Waals surface area contributed by atoms with Gasteiger partial charge in [-0.25, -0.2) is 0 Å². The van der Waals surface area contributed by atoms with Gasteiger partial charge in [0.15, 0.2) is 0 Å². The summed E-state index contributed by atoms with van der Waals surface area (Å²) in [6.07, 6.45) is 0.989. The van der Waals surface area contributed by atoms with E-state index in [-0.39, 0.29) is 0 Å². The van der Waals surface area contributed by atoms with Crippen LogP contribution in [0.3, 0.4) is 0 Å². The van der Waals surface area contributed by atoms with Gasteiger partial charge in [0.2, 0.25) is 0 Å². The number of rotatable bonds is 3. The molecular weight excluding hydrogens is 239 g/mol. The van der Waals surface area contributed by atoms with E-state index in [0.717, 1.165) is 16.6 Å². The standard InChI is InChI=1S/C9H10BrClO/c1-2-6-12-8-5-3-4-7(10)9(8)11/h3-5H,2,6H2,1H3. The molecule has 0 fully saturated rings. The Morgan fingerprint density at radius 1 is 1.50 bits per heavy atom. The molecule has 0 bridgehead atoms. The number of hydrogen-bond acceptors (Lipinski definition) is 1. The van der Waals surface area contributed by atoms with Gasteiger partial charge in [-0.15, -0.1) is 0 Å². The van der Waals surface area contributed by atoms with Crippen molar-refractivity contribution in [2.45, 2.75) is 13.3 Å². The SMILES string of the molecule is CCCOc1cccc(Br)c1Cl. The van der Waals surface area contributed by atoms with E-state index in [2.05, 4.69) is 22.9 Å². The maximum Gasteiger partial charge on any atom is 0.139 e. The summed E-state index contributed by atoms with van der Waals surface area (Å²) in [6, 6.07) is 5.66. The summed E-state index contributed by atoms with van der Waals surface area (Å²) in [6.45, 7) is 2.77. The first-order valence-electron chi connectivity index (χ1n) is 3.82. The second-order valence-electron chi connectivity index (χ2n) is 2.40. The molecule has 0 saturated carbocycles. The van der Waals surface area contributed by atoms with Gasteiger partial charge in [0.05, 0.1) is 11.6 Å². The van der Waals surface area contributed by atoms with Crippen molar-refractivity contribution in [3.63, 3.8) is 0 Å². The molecule has 0 aliphatic rings. The summed E-state index contributed by atoms with van der Waals surface area (Å²) < 4.78 is 6.28. The molecule has 0 aromatic heterocycles. The van der Waals surface area contributed by atoms with Crippen LogP contribution in [0.2, 0.25) is 5.02 Å². The monoisotopic (exact) mass is 248 g/mol.